The van der Waals surface area contributed by atoms with Crippen LogP contribution < -0.4 is 15.0 Å². The van der Waals surface area contributed by atoms with Crippen molar-refractivity contribution in [3.8, 4) is 5.75 Å². The standard InChI is InChI=1S/C30H32ClN3O4/c1-19(2)16-24(26(35)18-38-22-12-8-5-9-13-22)29(36)33-28-30(37)34(3)25-15-14-21(31)17-23(25)27(32-28)20-10-6-4-7-11-20/h4-15,17,19,24,26,28,35H,16,18H2,1-3H3,(H,33,36)/t24?,26-,28?/m1/s1. The summed E-state index contributed by atoms with van der Waals surface area (Å²) in [4.78, 5) is 33.3. The number of benzodiazepines with no additional fused rings is 1. The van der Waals surface area contributed by atoms with Crippen molar-refractivity contribution in [2.45, 2.75) is 32.5 Å². The average Bonchev–Trinajstić information content (AvgIpc) is 3.01. The van der Waals surface area contributed by atoms with Gasteiger partial charge in [0.25, 0.3) is 5.91 Å². The molecule has 2 N–H and O–H groups in total. The van der Waals surface area contributed by atoms with Gasteiger partial charge in [0, 0.05) is 23.2 Å². The summed E-state index contributed by atoms with van der Waals surface area (Å²) < 4.78 is 5.71. The number of carbonyl (C=O) groups excluding carboxylic acids is 2. The highest BCUT2D eigenvalue weighted by Crippen LogP contribution is 2.30. The van der Waals surface area contributed by atoms with Crippen molar-refractivity contribution in [2.75, 3.05) is 18.6 Å². The Balaban J connectivity index is 1.63. The number of carbonyl (C=O) groups is 2. The highest BCUT2D eigenvalue weighted by atomic mass is 35.5. The maximum Gasteiger partial charge on any atom is 0.272 e. The summed E-state index contributed by atoms with van der Waals surface area (Å²) >= 11 is 6.32. The second-order valence-corrected chi connectivity index (χ2v) is 10.2. The predicted octanol–water partition coefficient (Wildman–Crippen LogP) is 4.70. The first-order valence-corrected chi connectivity index (χ1v) is 13.0. The fourth-order valence-corrected chi connectivity index (χ4v) is 4.64. The van der Waals surface area contributed by atoms with Gasteiger partial charge < -0.3 is 20.1 Å². The van der Waals surface area contributed by atoms with Gasteiger partial charge in [-0.25, -0.2) is 4.99 Å². The van der Waals surface area contributed by atoms with Crippen LogP contribution in [0.1, 0.15) is 31.4 Å². The molecule has 1 aliphatic heterocycles. The molecule has 3 atom stereocenters. The molecule has 1 aliphatic rings. The van der Waals surface area contributed by atoms with Crippen LogP contribution in [0.3, 0.4) is 0 Å². The number of anilines is 1. The van der Waals surface area contributed by atoms with Gasteiger partial charge in [-0.05, 0) is 42.7 Å². The highest BCUT2D eigenvalue weighted by molar-refractivity contribution is 6.32. The molecule has 38 heavy (non-hydrogen) atoms. The molecule has 0 aliphatic carbocycles. The third-order valence-electron chi connectivity index (χ3n) is 6.41. The predicted molar refractivity (Wildman–Crippen MR) is 150 cm³/mol. The number of hydrogen-bond donors (Lipinski definition) is 2. The van der Waals surface area contributed by atoms with Gasteiger partial charge >= 0.3 is 0 Å². The zero-order valence-corrected chi connectivity index (χ0v) is 22.4. The number of benzene rings is 3. The van der Waals surface area contributed by atoms with Crippen LogP contribution in [0.2, 0.25) is 5.02 Å². The molecule has 198 valence electrons. The maximum absolute atomic E-state index is 13.5. The summed E-state index contributed by atoms with van der Waals surface area (Å²) in [7, 11) is 1.64. The minimum atomic E-state index is -1.19. The number of aliphatic imine (C=N–C) groups is 1. The number of fused-ring (bicyclic) bond motifs is 1. The van der Waals surface area contributed by atoms with Gasteiger partial charge in [-0.1, -0.05) is 74.0 Å². The maximum atomic E-state index is 13.5. The van der Waals surface area contributed by atoms with Gasteiger partial charge in [0.2, 0.25) is 12.1 Å². The number of amides is 2. The number of aliphatic hydroxyl groups excluding tert-OH is 1. The van der Waals surface area contributed by atoms with Crippen molar-refractivity contribution in [1.29, 1.82) is 0 Å². The van der Waals surface area contributed by atoms with Gasteiger partial charge in [0.1, 0.15) is 12.4 Å². The van der Waals surface area contributed by atoms with E-state index in [1.807, 2.05) is 62.4 Å². The Kier molecular flexibility index (Phi) is 8.81. The minimum Gasteiger partial charge on any atom is -0.491 e. The third kappa shape index (κ3) is 6.41. The van der Waals surface area contributed by atoms with Crippen molar-refractivity contribution in [1.82, 2.24) is 5.32 Å². The van der Waals surface area contributed by atoms with Crippen molar-refractivity contribution in [3.63, 3.8) is 0 Å². The summed E-state index contributed by atoms with van der Waals surface area (Å²) in [6.45, 7) is 3.89. The van der Waals surface area contributed by atoms with E-state index in [4.69, 9.17) is 21.3 Å². The second-order valence-electron chi connectivity index (χ2n) is 9.74. The van der Waals surface area contributed by atoms with Crippen LogP contribution in [0.15, 0.2) is 83.9 Å². The van der Waals surface area contributed by atoms with E-state index in [1.54, 1.807) is 37.4 Å². The smallest absolute Gasteiger partial charge is 0.272 e. The molecular weight excluding hydrogens is 502 g/mol. The molecule has 3 aromatic carbocycles. The molecule has 0 saturated heterocycles. The molecule has 0 radical (unpaired) electrons. The average molecular weight is 534 g/mol. The summed E-state index contributed by atoms with van der Waals surface area (Å²) in [6.07, 6.45) is -1.86. The summed E-state index contributed by atoms with van der Waals surface area (Å²) in [5.41, 5.74) is 2.65. The molecule has 0 aromatic heterocycles. The molecule has 0 spiro atoms. The van der Waals surface area contributed by atoms with Crippen LogP contribution in [0.25, 0.3) is 0 Å². The molecule has 3 aromatic rings. The molecule has 2 unspecified atom stereocenters. The largest absolute Gasteiger partial charge is 0.491 e. The van der Waals surface area contributed by atoms with Crippen LogP contribution in [-0.4, -0.2) is 48.6 Å². The minimum absolute atomic E-state index is 0.0597. The van der Waals surface area contributed by atoms with Gasteiger partial charge in [-0.3, -0.25) is 9.59 Å². The first-order chi connectivity index (χ1) is 18.2. The number of likely N-dealkylation sites (N-methyl/N-ethyl adjacent to an activating group) is 1. The molecule has 1 heterocycles. The van der Waals surface area contributed by atoms with Gasteiger partial charge in [0.15, 0.2) is 0 Å². The molecular formula is C30H32ClN3O4. The first kappa shape index (κ1) is 27.4. The van der Waals surface area contributed by atoms with Crippen LogP contribution >= 0.6 is 11.6 Å². The van der Waals surface area contributed by atoms with Crippen LogP contribution in [-0.2, 0) is 9.59 Å². The van der Waals surface area contributed by atoms with Gasteiger partial charge in [0.05, 0.1) is 23.4 Å². The lowest BCUT2D eigenvalue weighted by atomic mass is 9.91. The Morgan fingerprint density at radius 1 is 1.08 bits per heavy atom. The zero-order chi connectivity index (χ0) is 27.2. The number of hydrogen-bond acceptors (Lipinski definition) is 5. The third-order valence-corrected chi connectivity index (χ3v) is 6.65. The lowest BCUT2D eigenvalue weighted by Gasteiger charge is -2.26. The van der Waals surface area contributed by atoms with E-state index < -0.39 is 30.0 Å². The van der Waals surface area contributed by atoms with E-state index in [2.05, 4.69) is 5.32 Å². The quantitative estimate of drug-likeness (QED) is 0.417. The molecule has 2 amide bonds. The van der Waals surface area contributed by atoms with Crippen molar-refractivity contribution in [2.24, 2.45) is 16.8 Å². The molecule has 0 fully saturated rings. The SMILES string of the molecule is CC(C)CC(C(=O)NC1N=C(c2ccccc2)c2cc(Cl)ccc2N(C)C1=O)[C@H](O)COc1ccccc1. The number of halogens is 1. The number of para-hydroxylation sites is 1. The van der Waals surface area contributed by atoms with Crippen LogP contribution in [0.5, 0.6) is 5.75 Å². The van der Waals surface area contributed by atoms with E-state index >= 15 is 0 Å². The van der Waals surface area contributed by atoms with E-state index in [1.165, 1.54) is 4.90 Å². The Morgan fingerprint density at radius 2 is 1.74 bits per heavy atom. The fourth-order valence-electron chi connectivity index (χ4n) is 4.47. The van der Waals surface area contributed by atoms with Crippen LogP contribution in [0.4, 0.5) is 5.69 Å². The molecule has 4 rings (SSSR count). The van der Waals surface area contributed by atoms with E-state index in [0.717, 1.165) is 5.56 Å². The molecule has 7 nitrogen and oxygen atoms in total. The van der Waals surface area contributed by atoms with Crippen molar-refractivity contribution >= 4 is 34.8 Å². The summed E-state index contributed by atoms with van der Waals surface area (Å²) in [6, 6.07) is 23.8. The van der Waals surface area contributed by atoms with E-state index in [-0.39, 0.29) is 12.5 Å². The van der Waals surface area contributed by atoms with Gasteiger partial charge in [-0.15, -0.1) is 0 Å². The lowest BCUT2D eigenvalue weighted by Crippen LogP contribution is -2.50. The summed E-state index contributed by atoms with van der Waals surface area (Å²) in [5.74, 6) is -0.933. The second kappa shape index (κ2) is 12.2. The van der Waals surface area contributed by atoms with Gasteiger partial charge in [-0.2, -0.15) is 0 Å². The Labute approximate surface area is 228 Å². The topological polar surface area (TPSA) is 91.2 Å². The number of ether oxygens (including phenoxy) is 1. The molecule has 0 saturated carbocycles. The fraction of sp³-hybridized carbons (Fsp3) is 0.300. The Morgan fingerprint density at radius 3 is 2.39 bits per heavy atom. The highest BCUT2D eigenvalue weighted by Gasteiger charge is 2.35. The van der Waals surface area contributed by atoms with E-state index in [9.17, 15) is 14.7 Å². The number of nitrogens with zero attached hydrogens (tertiary/aromatic N) is 2. The monoisotopic (exact) mass is 533 g/mol. The first-order valence-electron chi connectivity index (χ1n) is 12.6. The summed E-state index contributed by atoms with van der Waals surface area (Å²) in [5, 5.41) is 14.3. The molecule has 8 heteroatoms. The number of aliphatic hydroxyl groups is 1. The van der Waals surface area contributed by atoms with Crippen molar-refractivity contribution in [3.05, 3.63) is 95.0 Å². The zero-order valence-electron chi connectivity index (χ0n) is 21.7. The van der Waals surface area contributed by atoms with E-state index in [0.29, 0.717) is 34.2 Å². The lowest BCUT2D eigenvalue weighted by molar-refractivity contribution is -0.133. The number of nitrogens with one attached hydrogen (secondary N) is 1. The Hall–Kier alpha value is -3.68. The Bertz CT molecular complexity index is 1300. The van der Waals surface area contributed by atoms with Crippen molar-refractivity contribution < 1.29 is 19.4 Å². The normalized spacial score (nSPS) is 16.8. The number of rotatable bonds is 9. The van der Waals surface area contributed by atoms with Crippen LogP contribution in [0, 0.1) is 11.8 Å². The molecule has 0 bridgehead atoms.